The van der Waals surface area contributed by atoms with Gasteiger partial charge in [0.05, 0.1) is 6.61 Å². The molecule has 1 atom stereocenters. The first kappa shape index (κ1) is 8.37. The van der Waals surface area contributed by atoms with Gasteiger partial charge in [-0.3, -0.25) is 4.79 Å². The minimum Gasteiger partial charge on any atom is -0.367 e. The molecule has 0 aromatic heterocycles. The van der Waals surface area contributed by atoms with Gasteiger partial charge in [-0.05, 0) is 13.8 Å². The lowest BCUT2D eigenvalue weighted by molar-refractivity contribution is -0.126. The van der Waals surface area contributed by atoms with E-state index in [1.165, 1.54) is 6.92 Å². The van der Waals surface area contributed by atoms with E-state index in [9.17, 15) is 4.79 Å². The third-order valence-electron chi connectivity index (χ3n) is 1.04. The third-order valence-corrected chi connectivity index (χ3v) is 1.04. The highest BCUT2D eigenvalue weighted by molar-refractivity contribution is 5.79. The first-order valence-corrected chi connectivity index (χ1v) is 2.91. The zero-order valence-corrected chi connectivity index (χ0v) is 5.89. The summed E-state index contributed by atoms with van der Waals surface area (Å²) in [6.07, 6.45) is 1.34. The average molecular weight is 128 g/mol. The molecule has 0 unspecified atom stereocenters. The van der Waals surface area contributed by atoms with Crippen LogP contribution in [-0.2, 0) is 9.53 Å². The molecule has 0 bridgehead atoms. The second-order valence-electron chi connectivity index (χ2n) is 1.87. The van der Waals surface area contributed by atoms with E-state index in [2.05, 4.69) is 6.58 Å². The molecule has 52 valence electrons. The van der Waals surface area contributed by atoms with Crippen molar-refractivity contribution in [3.8, 4) is 0 Å². The minimum absolute atomic E-state index is 0.0526. The molecule has 0 N–H and O–H groups in total. The fraction of sp³-hybridized carbons (Fsp3) is 0.571. The maximum Gasteiger partial charge on any atom is 0.158 e. The third kappa shape index (κ3) is 3.91. The minimum atomic E-state index is -0.289. The first-order valence-electron chi connectivity index (χ1n) is 2.91. The summed E-state index contributed by atoms with van der Waals surface area (Å²) in [5.41, 5.74) is 0. The van der Waals surface area contributed by atoms with Crippen LogP contribution in [0.3, 0.4) is 0 Å². The molecule has 0 aliphatic heterocycles. The smallest absolute Gasteiger partial charge is 0.158 e. The highest BCUT2D eigenvalue weighted by Gasteiger charge is 2.04. The van der Waals surface area contributed by atoms with Crippen molar-refractivity contribution in [3.05, 3.63) is 12.7 Å². The van der Waals surface area contributed by atoms with Crippen molar-refractivity contribution in [2.75, 3.05) is 6.61 Å². The normalized spacial score (nSPS) is 12.7. The van der Waals surface area contributed by atoms with Gasteiger partial charge in [-0.2, -0.15) is 0 Å². The molecule has 0 spiro atoms. The van der Waals surface area contributed by atoms with Crippen LogP contribution in [0.4, 0.5) is 0 Å². The molecule has 0 aromatic carbocycles. The summed E-state index contributed by atoms with van der Waals surface area (Å²) < 4.78 is 4.98. The van der Waals surface area contributed by atoms with Crippen LogP contribution in [0.1, 0.15) is 13.8 Å². The van der Waals surface area contributed by atoms with E-state index in [1.807, 2.05) is 0 Å². The van der Waals surface area contributed by atoms with Crippen LogP contribution in [0.15, 0.2) is 12.7 Å². The number of ether oxygens (including phenoxy) is 1. The van der Waals surface area contributed by atoms with Crippen LogP contribution >= 0.6 is 0 Å². The van der Waals surface area contributed by atoms with Crippen LogP contribution < -0.4 is 0 Å². The lowest BCUT2D eigenvalue weighted by atomic mass is 10.3. The van der Waals surface area contributed by atoms with Crippen LogP contribution in [0.2, 0.25) is 0 Å². The van der Waals surface area contributed by atoms with Gasteiger partial charge in [0.2, 0.25) is 0 Å². The number of hydrogen-bond donors (Lipinski definition) is 0. The molecule has 2 nitrogen and oxygen atoms in total. The molecule has 0 saturated carbocycles. The Morgan fingerprint density at radius 1 is 1.89 bits per heavy atom. The van der Waals surface area contributed by atoms with Crippen LogP contribution in [0, 0.1) is 0 Å². The lowest BCUT2D eigenvalue weighted by Crippen LogP contribution is -2.17. The van der Waals surface area contributed by atoms with Crippen molar-refractivity contribution in [3.63, 3.8) is 0 Å². The summed E-state index contributed by atoms with van der Waals surface area (Å²) in [6.45, 7) is 7.14. The van der Waals surface area contributed by atoms with Crippen LogP contribution in [0.25, 0.3) is 0 Å². The fourth-order valence-corrected chi connectivity index (χ4v) is 0.330. The molecule has 0 radical (unpaired) electrons. The van der Waals surface area contributed by atoms with Gasteiger partial charge >= 0.3 is 0 Å². The highest BCUT2D eigenvalue weighted by atomic mass is 16.5. The van der Waals surface area contributed by atoms with E-state index in [-0.39, 0.29) is 11.9 Å². The van der Waals surface area contributed by atoms with Crippen molar-refractivity contribution in [1.29, 1.82) is 0 Å². The van der Waals surface area contributed by atoms with E-state index in [4.69, 9.17) is 4.74 Å². The number of ketones is 1. The molecule has 0 aliphatic rings. The monoisotopic (exact) mass is 128 g/mol. The number of hydrogen-bond acceptors (Lipinski definition) is 2. The van der Waals surface area contributed by atoms with E-state index in [0.717, 1.165) is 0 Å². The SMILES string of the molecule is C=CCO[C@@H](C)C(C)=O. The maximum absolute atomic E-state index is 10.5. The highest BCUT2D eigenvalue weighted by Crippen LogP contribution is 1.90. The van der Waals surface area contributed by atoms with Gasteiger partial charge in [0.25, 0.3) is 0 Å². The number of carbonyl (C=O) groups excluding carboxylic acids is 1. The predicted molar refractivity (Wildman–Crippen MR) is 36.3 cm³/mol. The molecule has 0 saturated heterocycles. The summed E-state index contributed by atoms with van der Waals surface area (Å²) in [4.78, 5) is 10.5. The van der Waals surface area contributed by atoms with E-state index < -0.39 is 0 Å². The maximum atomic E-state index is 10.5. The molecule has 0 aromatic rings. The molecule has 0 heterocycles. The molecule has 9 heavy (non-hydrogen) atoms. The van der Waals surface area contributed by atoms with Gasteiger partial charge in [0.1, 0.15) is 6.10 Å². The molecule has 0 rings (SSSR count). The molecule has 0 aliphatic carbocycles. The van der Waals surface area contributed by atoms with E-state index in [0.29, 0.717) is 6.61 Å². The Bertz CT molecular complexity index is 107. The second-order valence-corrected chi connectivity index (χ2v) is 1.87. The van der Waals surface area contributed by atoms with Crippen molar-refractivity contribution in [2.45, 2.75) is 20.0 Å². The van der Waals surface area contributed by atoms with Crippen molar-refractivity contribution in [1.82, 2.24) is 0 Å². The number of carbonyl (C=O) groups is 1. The molecular formula is C7H12O2. The quantitative estimate of drug-likeness (QED) is 0.531. The van der Waals surface area contributed by atoms with Gasteiger partial charge in [-0.15, -0.1) is 6.58 Å². The Morgan fingerprint density at radius 2 is 2.44 bits per heavy atom. The Balaban J connectivity index is 3.37. The lowest BCUT2D eigenvalue weighted by Gasteiger charge is -2.05. The Kier molecular flexibility index (Phi) is 3.97. The molecular weight excluding hydrogens is 116 g/mol. The summed E-state index contributed by atoms with van der Waals surface area (Å²) >= 11 is 0. The second kappa shape index (κ2) is 4.27. The van der Waals surface area contributed by atoms with Crippen LogP contribution in [0.5, 0.6) is 0 Å². The van der Waals surface area contributed by atoms with E-state index in [1.54, 1.807) is 13.0 Å². The van der Waals surface area contributed by atoms with Gasteiger partial charge in [0.15, 0.2) is 5.78 Å². The van der Waals surface area contributed by atoms with Gasteiger partial charge in [0, 0.05) is 0 Å². The number of Topliss-reactive ketones (excluding diaryl/α,β-unsaturated/α-hetero) is 1. The zero-order chi connectivity index (χ0) is 7.28. The zero-order valence-electron chi connectivity index (χ0n) is 5.89. The van der Waals surface area contributed by atoms with Crippen molar-refractivity contribution in [2.24, 2.45) is 0 Å². The largest absolute Gasteiger partial charge is 0.367 e. The Morgan fingerprint density at radius 3 is 2.78 bits per heavy atom. The van der Waals surface area contributed by atoms with Crippen molar-refractivity contribution >= 4 is 5.78 Å². The van der Waals surface area contributed by atoms with Gasteiger partial charge in [-0.25, -0.2) is 0 Å². The molecule has 2 heteroatoms. The van der Waals surface area contributed by atoms with Gasteiger partial charge in [-0.1, -0.05) is 6.08 Å². The fourth-order valence-electron chi connectivity index (χ4n) is 0.330. The topological polar surface area (TPSA) is 26.3 Å². The van der Waals surface area contributed by atoms with Crippen molar-refractivity contribution < 1.29 is 9.53 Å². The molecule has 0 amide bonds. The first-order chi connectivity index (χ1) is 4.18. The Labute approximate surface area is 55.5 Å². The predicted octanol–water partition coefficient (Wildman–Crippen LogP) is 1.17. The average Bonchev–Trinajstić information content (AvgIpc) is 1.82. The summed E-state index contributed by atoms with van der Waals surface area (Å²) in [6, 6.07) is 0. The standard InChI is InChI=1S/C7H12O2/c1-4-5-9-7(3)6(2)8/h4,7H,1,5H2,2-3H3/t7-/m0/s1. The van der Waals surface area contributed by atoms with E-state index >= 15 is 0 Å². The van der Waals surface area contributed by atoms with Crippen LogP contribution in [-0.4, -0.2) is 18.5 Å². The van der Waals surface area contributed by atoms with Gasteiger partial charge < -0.3 is 4.74 Å². The summed E-state index contributed by atoms with van der Waals surface area (Å²) in [5.74, 6) is 0.0526. The number of rotatable bonds is 4. The summed E-state index contributed by atoms with van der Waals surface area (Å²) in [5, 5.41) is 0. The Hall–Kier alpha value is -0.630. The molecule has 0 fully saturated rings. The summed E-state index contributed by atoms with van der Waals surface area (Å²) in [7, 11) is 0.